The summed E-state index contributed by atoms with van der Waals surface area (Å²) in [5, 5.41) is 13.6. The van der Waals surface area contributed by atoms with E-state index in [4.69, 9.17) is 0 Å². The highest BCUT2D eigenvalue weighted by molar-refractivity contribution is 6.07. The minimum atomic E-state index is -0.399. The van der Waals surface area contributed by atoms with Gasteiger partial charge < -0.3 is 15.3 Å². The molecule has 2 amide bonds. The molecule has 2 aliphatic heterocycles. The molecular formula is C29H35N3O3. The van der Waals surface area contributed by atoms with Gasteiger partial charge in [0.1, 0.15) is 0 Å². The average Bonchev–Trinajstić information content (AvgIpc) is 3.20. The molecule has 0 bridgehead atoms. The van der Waals surface area contributed by atoms with E-state index in [0.29, 0.717) is 5.92 Å². The Kier molecular flexibility index (Phi) is 7.19. The van der Waals surface area contributed by atoms with E-state index in [-0.39, 0.29) is 35.9 Å². The third-order valence-electron chi connectivity index (χ3n) is 7.93. The van der Waals surface area contributed by atoms with Crippen LogP contribution in [0.25, 0.3) is 0 Å². The van der Waals surface area contributed by atoms with Crippen LogP contribution in [0.15, 0.2) is 72.0 Å². The maximum absolute atomic E-state index is 13.0. The van der Waals surface area contributed by atoms with Crippen LogP contribution in [0.1, 0.15) is 55.6 Å². The van der Waals surface area contributed by atoms with Gasteiger partial charge in [-0.05, 0) is 55.6 Å². The highest BCUT2D eigenvalue weighted by Crippen LogP contribution is 2.33. The van der Waals surface area contributed by atoms with E-state index in [1.807, 2.05) is 12.1 Å². The molecule has 3 aliphatic rings. The van der Waals surface area contributed by atoms with Crippen molar-refractivity contribution in [2.75, 3.05) is 19.6 Å². The second-order valence-electron chi connectivity index (χ2n) is 10.2. The molecular weight excluding hydrogens is 438 g/mol. The molecule has 2 aromatic carbocycles. The number of hydrogen-bond donors (Lipinski definition) is 2. The van der Waals surface area contributed by atoms with Gasteiger partial charge in [-0.15, -0.1) is 0 Å². The molecule has 1 saturated carbocycles. The van der Waals surface area contributed by atoms with Gasteiger partial charge in [0.25, 0.3) is 11.8 Å². The summed E-state index contributed by atoms with van der Waals surface area (Å²) in [6.07, 6.45) is 5.60. The quantitative estimate of drug-likeness (QED) is 0.661. The van der Waals surface area contributed by atoms with Crippen LogP contribution in [0.2, 0.25) is 0 Å². The zero-order valence-electron chi connectivity index (χ0n) is 20.2. The van der Waals surface area contributed by atoms with Gasteiger partial charge in [0.15, 0.2) is 5.76 Å². The van der Waals surface area contributed by atoms with Gasteiger partial charge in [-0.2, -0.15) is 0 Å². The van der Waals surface area contributed by atoms with Crippen molar-refractivity contribution < 1.29 is 14.7 Å². The van der Waals surface area contributed by atoms with Crippen LogP contribution in [0, 0.1) is 0 Å². The largest absolute Gasteiger partial charge is 0.503 e. The van der Waals surface area contributed by atoms with Crippen molar-refractivity contribution in [1.82, 2.24) is 15.1 Å². The molecule has 1 saturated heterocycles. The first-order valence-electron chi connectivity index (χ1n) is 12.9. The molecule has 5 rings (SSSR count). The topological polar surface area (TPSA) is 72.9 Å². The number of aliphatic hydroxyl groups excluding tert-OH is 1. The second kappa shape index (κ2) is 10.6. The van der Waals surface area contributed by atoms with Crippen molar-refractivity contribution in [1.29, 1.82) is 0 Å². The highest BCUT2D eigenvalue weighted by Gasteiger charge is 2.39. The predicted octanol–water partition coefficient (Wildman–Crippen LogP) is 4.15. The molecule has 2 aromatic rings. The summed E-state index contributed by atoms with van der Waals surface area (Å²) in [4.78, 5) is 29.9. The number of amides is 2. The summed E-state index contributed by atoms with van der Waals surface area (Å²) >= 11 is 0. The molecule has 1 aliphatic carbocycles. The van der Waals surface area contributed by atoms with Gasteiger partial charge >= 0.3 is 0 Å². The SMILES string of the molecule is O=C(N[C@H]1CC[C@@H](c2ccccc2)CC1)C1=C(O)C(=O)N(C2CCN(Cc3ccccc3)CC2)C1. The smallest absolute Gasteiger partial charge is 0.289 e. The molecule has 0 aromatic heterocycles. The first-order valence-corrected chi connectivity index (χ1v) is 12.9. The van der Waals surface area contributed by atoms with E-state index in [2.05, 4.69) is 58.7 Å². The molecule has 6 heteroatoms. The fourth-order valence-corrected chi connectivity index (χ4v) is 5.86. The summed E-state index contributed by atoms with van der Waals surface area (Å²) in [5.74, 6) is -0.520. The van der Waals surface area contributed by atoms with Crippen molar-refractivity contribution in [2.45, 2.75) is 63.1 Å². The van der Waals surface area contributed by atoms with Crippen LogP contribution in [0.4, 0.5) is 0 Å². The Morgan fingerprint density at radius 2 is 1.51 bits per heavy atom. The molecule has 35 heavy (non-hydrogen) atoms. The Hall–Kier alpha value is -3.12. The Morgan fingerprint density at radius 1 is 0.886 bits per heavy atom. The van der Waals surface area contributed by atoms with Gasteiger partial charge in [-0.25, -0.2) is 0 Å². The summed E-state index contributed by atoms with van der Waals surface area (Å²) in [7, 11) is 0. The standard InChI is InChI=1S/C29H35N3O3/c33-27-26(28(34)30-24-13-11-23(12-14-24)22-9-5-2-6-10-22)20-32(29(27)35)25-15-17-31(18-16-25)19-21-7-3-1-4-8-21/h1-10,23-25,33H,11-20H2,(H,30,34)/t23-,24+. The Morgan fingerprint density at radius 3 is 2.17 bits per heavy atom. The number of rotatable bonds is 6. The van der Waals surface area contributed by atoms with Gasteiger partial charge in [0.2, 0.25) is 0 Å². The van der Waals surface area contributed by atoms with E-state index < -0.39 is 5.91 Å². The summed E-state index contributed by atoms with van der Waals surface area (Å²) in [6, 6.07) is 21.1. The molecule has 2 heterocycles. The molecule has 2 N–H and O–H groups in total. The van der Waals surface area contributed by atoms with Crippen molar-refractivity contribution >= 4 is 11.8 Å². The number of carbonyl (C=O) groups excluding carboxylic acids is 2. The Balaban J connectivity index is 1.11. The summed E-state index contributed by atoms with van der Waals surface area (Å²) in [5.41, 5.74) is 2.88. The van der Waals surface area contributed by atoms with Crippen LogP contribution in [-0.4, -0.2) is 58.4 Å². The van der Waals surface area contributed by atoms with Crippen LogP contribution in [0.3, 0.4) is 0 Å². The normalized spacial score (nSPS) is 24.1. The van der Waals surface area contributed by atoms with E-state index in [9.17, 15) is 14.7 Å². The molecule has 6 nitrogen and oxygen atoms in total. The molecule has 0 spiro atoms. The van der Waals surface area contributed by atoms with Gasteiger partial charge in [-0.3, -0.25) is 14.5 Å². The lowest BCUT2D eigenvalue weighted by Crippen LogP contribution is -2.46. The number of aliphatic hydroxyl groups is 1. The first-order chi connectivity index (χ1) is 17.1. The lowest BCUT2D eigenvalue weighted by molar-refractivity contribution is -0.130. The first kappa shape index (κ1) is 23.6. The van der Waals surface area contributed by atoms with E-state index in [1.165, 1.54) is 11.1 Å². The van der Waals surface area contributed by atoms with Gasteiger partial charge in [0.05, 0.1) is 12.1 Å². The lowest BCUT2D eigenvalue weighted by atomic mass is 9.82. The summed E-state index contributed by atoms with van der Waals surface area (Å²) in [6.45, 7) is 2.91. The van der Waals surface area contributed by atoms with Crippen molar-refractivity contribution in [3.8, 4) is 0 Å². The van der Waals surface area contributed by atoms with Gasteiger partial charge in [-0.1, -0.05) is 60.7 Å². The molecule has 0 radical (unpaired) electrons. The Bertz CT molecular complexity index is 1050. The maximum Gasteiger partial charge on any atom is 0.289 e. The number of nitrogens with one attached hydrogen (secondary N) is 1. The van der Waals surface area contributed by atoms with E-state index in [1.54, 1.807) is 4.90 Å². The van der Waals surface area contributed by atoms with E-state index in [0.717, 1.165) is 58.2 Å². The average molecular weight is 474 g/mol. The minimum absolute atomic E-state index is 0.0586. The monoisotopic (exact) mass is 473 g/mol. The zero-order chi connectivity index (χ0) is 24.2. The number of benzene rings is 2. The number of likely N-dealkylation sites (tertiary alicyclic amines) is 1. The van der Waals surface area contributed by atoms with Crippen molar-refractivity contribution in [2.24, 2.45) is 0 Å². The molecule has 2 fully saturated rings. The van der Waals surface area contributed by atoms with Gasteiger partial charge in [0, 0.05) is 31.7 Å². The zero-order valence-corrected chi connectivity index (χ0v) is 20.2. The Labute approximate surface area is 207 Å². The van der Waals surface area contributed by atoms with E-state index >= 15 is 0 Å². The predicted molar refractivity (Wildman–Crippen MR) is 136 cm³/mol. The third kappa shape index (κ3) is 5.43. The number of piperidine rings is 1. The second-order valence-corrected chi connectivity index (χ2v) is 10.2. The number of carbonyl (C=O) groups is 2. The van der Waals surface area contributed by atoms with Crippen LogP contribution in [-0.2, 0) is 16.1 Å². The van der Waals surface area contributed by atoms with Crippen LogP contribution in [0.5, 0.6) is 0 Å². The number of hydrogen-bond acceptors (Lipinski definition) is 4. The molecule has 0 unspecified atom stereocenters. The maximum atomic E-state index is 13.0. The lowest BCUT2D eigenvalue weighted by Gasteiger charge is -2.36. The summed E-state index contributed by atoms with van der Waals surface area (Å²) < 4.78 is 0. The highest BCUT2D eigenvalue weighted by atomic mass is 16.3. The fraction of sp³-hybridized carbons (Fsp3) is 0.448. The minimum Gasteiger partial charge on any atom is -0.503 e. The van der Waals surface area contributed by atoms with Crippen molar-refractivity contribution in [3.05, 3.63) is 83.1 Å². The molecule has 184 valence electrons. The van der Waals surface area contributed by atoms with Crippen LogP contribution >= 0.6 is 0 Å². The third-order valence-corrected chi connectivity index (χ3v) is 7.93. The molecule has 0 atom stereocenters. The fourth-order valence-electron chi connectivity index (χ4n) is 5.86. The van der Waals surface area contributed by atoms with Crippen LogP contribution < -0.4 is 5.32 Å². The van der Waals surface area contributed by atoms with Crippen molar-refractivity contribution in [3.63, 3.8) is 0 Å². The number of nitrogens with zero attached hydrogens (tertiary/aromatic N) is 2.